The van der Waals surface area contributed by atoms with Gasteiger partial charge in [0.1, 0.15) is 11.3 Å². The van der Waals surface area contributed by atoms with Crippen LogP contribution in [0.15, 0.2) is 18.2 Å². The van der Waals surface area contributed by atoms with E-state index in [1.807, 2.05) is 0 Å². The highest BCUT2D eigenvalue weighted by molar-refractivity contribution is 6.02. The van der Waals surface area contributed by atoms with E-state index in [1.54, 1.807) is 13.1 Å². The number of halogens is 2. The van der Waals surface area contributed by atoms with E-state index < -0.39 is 11.8 Å². The molecule has 0 N–H and O–H groups in total. The highest BCUT2D eigenvalue weighted by Gasteiger charge is 2.15. The van der Waals surface area contributed by atoms with E-state index in [1.165, 1.54) is 16.8 Å². The number of aryl methyl sites for hydroxylation is 1. The average molecular weight is 220 g/mol. The Labute approximate surface area is 88.5 Å². The van der Waals surface area contributed by atoms with Crippen molar-refractivity contribution in [2.75, 3.05) is 0 Å². The Morgan fingerprint density at radius 3 is 2.88 bits per heavy atom. The molecule has 2 heterocycles. The fraction of sp³-hybridized carbons (Fsp3) is 0.100. The quantitative estimate of drug-likeness (QED) is 0.542. The Morgan fingerprint density at radius 2 is 2.06 bits per heavy atom. The Balaban J connectivity index is 2.68. The number of pyridine rings is 1. The number of rotatable bonds is 0. The molecule has 0 aliphatic rings. The van der Waals surface area contributed by atoms with Gasteiger partial charge in [-0.2, -0.15) is 9.37 Å². The highest BCUT2D eigenvalue weighted by atomic mass is 19.1. The number of nitrogens with zero attached hydrogens (tertiary/aromatic N) is 4. The van der Waals surface area contributed by atoms with Gasteiger partial charge in [-0.15, -0.1) is 5.10 Å². The van der Waals surface area contributed by atoms with Crippen LogP contribution in [0.2, 0.25) is 0 Å². The summed E-state index contributed by atoms with van der Waals surface area (Å²) in [5.74, 6) is -1.49. The SMILES string of the molecule is Cn1nnc2nc(F)c3c(F)cccc3c21. The van der Waals surface area contributed by atoms with Crippen LogP contribution in [0.5, 0.6) is 0 Å². The standard InChI is InChI=1S/C10H6F2N4/c1-16-8-5-3-2-4-6(11)7(5)9(12)13-10(8)14-15-16/h2-4H,1H3. The van der Waals surface area contributed by atoms with E-state index in [-0.39, 0.29) is 11.0 Å². The molecule has 0 aliphatic carbocycles. The van der Waals surface area contributed by atoms with Crippen LogP contribution in [0.25, 0.3) is 21.9 Å². The van der Waals surface area contributed by atoms with Crippen molar-refractivity contribution < 1.29 is 8.78 Å². The van der Waals surface area contributed by atoms with Crippen molar-refractivity contribution in [2.45, 2.75) is 0 Å². The second-order valence-corrected chi connectivity index (χ2v) is 3.45. The Bertz CT molecular complexity index is 705. The molecule has 0 radical (unpaired) electrons. The number of hydrogen-bond donors (Lipinski definition) is 0. The third-order valence-electron chi connectivity index (χ3n) is 2.49. The third kappa shape index (κ3) is 1.04. The second kappa shape index (κ2) is 2.94. The molecule has 0 bridgehead atoms. The zero-order valence-electron chi connectivity index (χ0n) is 8.28. The first-order valence-corrected chi connectivity index (χ1v) is 4.61. The van der Waals surface area contributed by atoms with Gasteiger partial charge < -0.3 is 0 Å². The van der Waals surface area contributed by atoms with Gasteiger partial charge in [0.15, 0.2) is 0 Å². The lowest BCUT2D eigenvalue weighted by molar-refractivity contribution is 0.582. The minimum absolute atomic E-state index is 0.125. The minimum atomic E-state index is -0.860. The monoisotopic (exact) mass is 220 g/mol. The molecule has 0 spiro atoms. The first kappa shape index (κ1) is 9.14. The molecule has 0 saturated carbocycles. The van der Waals surface area contributed by atoms with Gasteiger partial charge in [0.25, 0.3) is 0 Å². The van der Waals surface area contributed by atoms with Gasteiger partial charge in [-0.25, -0.2) is 9.07 Å². The summed E-state index contributed by atoms with van der Waals surface area (Å²) in [4.78, 5) is 3.58. The molecule has 80 valence electrons. The molecule has 4 nitrogen and oxygen atoms in total. The molecular weight excluding hydrogens is 214 g/mol. The smallest absolute Gasteiger partial charge is 0.225 e. The van der Waals surface area contributed by atoms with Crippen LogP contribution in [0.4, 0.5) is 8.78 Å². The lowest BCUT2D eigenvalue weighted by Gasteiger charge is -2.02. The van der Waals surface area contributed by atoms with Gasteiger partial charge in [0, 0.05) is 12.4 Å². The maximum Gasteiger partial charge on any atom is 0.225 e. The van der Waals surface area contributed by atoms with Crippen molar-refractivity contribution in [3.8, 4) is 0 Å². The molecule has 0 aliphatic heterocycles. The van der Waals surface area contributed by atoms with Crippen LogP contribution in [0.3, 0.4) is 0 Å². The summed E-state index contributed by atoms with van der Waals surface area (Å²) in [6.45, 7) is 0. The van der Waals surface area contributed by atoms with Crippen molar-refractivity contribution >= 4 is 21.9 Å². The van der Waals surface area contributed by atoms with Gasteiger partial charge in [-0.1, -0.05) is 17.3 Å². The molecule has 0 amide bonds. The second-order valence-electron chi connectivity index (χ2n) is 3.45. The van der Waals surface area contributed by atoms with Crippen LogP contribution in [-0.2, 0) is 7.05 Å². The maximum absolute atomic E-state index is 13.6. The number of fused-ring (bicyclic) bond motifs is 3. The Hall–Kier alpha value is -2.11. The summed E-state index contributed by atoms with van der Waals surface area (Å²) in [7, 11) is 1.65. The fourth-order valence-electron chi connectivity index (χ4n) is 1.80. The number of benzene rings is 1. The van der Waals surface area contributed by atoms with Crippen LogP contribution < -0.4 is 0 Å². The summed E-state index contributed by atoms with van der Waals surface area (Å²) in [6.07, 6.45) is 0. The van der Waals surface area contributed by atoms with Crippen LogP contribution in [0, 0.1) is 11.8 Å². The predicted octanol–water partition coefficient (Wildman–Crippen LogP) is 1.79. The van der Waals surface area contributed by atoms with E-state index in [4.69, 9.17) is 0 Å². The van der Waals surface area contributed by atoms with Gasteiger partial charge >= 0.3 is 0 Å². The lowest BCUT2D eigenvalue weighted by atomic mass is 10.1. The first-order chi connectivity index (χ1) is 7.68. The van der Waals surface area contributed by atoms with E-state index >= 15 is 0 Å². The van der Waals surface area contributed by atoms with Crippen molar-refractivity contribution in [2.24, 2.45) is 7.05 Å². The van der Waals surface area contributed by atoms with Gasteiger partial charge in [-0.05, 0) is 6.07 Å². The van der Waals surface area contributed by atoms with Crippen LogP contribution in [0.1, 0.15) is 0 Å². The van der Waals surface area contributed by atoms with Gasteiger partial charge in [-0.3, -0.25) is 0 Å². The topological polar surface area (TPSA) is 43.6 Å². The van der Waals surface area contributed by atoms with E-state index in [9.17, 15) is 8.78 Å². The summed E-state index contributed by atoms with van der Waals surface area (Å²) in [5, 5.41) is 7.73. The molecule has 16 heavy (non-hydrogen) atoms. The van der Waals surface area contributed by atoms with Crippen LogP contribution >= 0.6 is 0 Å². The zero-order chi connectivity index (χ0) is 11.3. The van der Waals surface area contributed by atoms with Crippen molar-refractivity contribution in [3.63, 3.8) is 0 Å². The predicted molar refractivity (Wildman–Crippen MR) is 53.7 cm³/mol. The summed E-state index contributed by atoms with van der Waals surface area (Å²) in [6, 6.07) is 4.33. The van der Waals surface area contributed by atoms with Crippen molar-refractivity contribution in [1.29, 1.82) is 0 Å². The normalized spacial score (nSPS) is 11.4. The Kier molecular flexibility index (Phi) is 1.68. The largest absolute Gasteiger partial charge is 0.245 e. The molecule has 0 unspecified atom stereocenters. The zero-order valence-corrected chi connectivity index (χ0v) is 8.28. The summed E-state index contributed by atoms with van der Waals surface area (Å²) in [5.41, 5.74) is 0.703. The van der Waals surface area contributed by atoms with Gasteiger partial charge in [0.2, 0.25) is 11.6 Å². The van der Waals surface area contributed by atoms with E-state index in [0.717, 1.165) is 0 Å². The average Bonchev–Trinajstić information content (AvgIpc) is 2.60. The number of aromatic nitrogens is 4. The Morgan fingerprint density at radius 1 is 1.25 bits per heavy atom. The third-order valence-corrected chi connectivity index (χ3v) is 2.49. The lowest BCUT2D eigenvalue weighted by Crippen LogP contribution is -1.94. The molecular formula is C10H6F2N4. The molecule has 3 rings (SSSR count). The minimum Gasteiger partial charge on any atom is -0.245 e. The molecule has 1 aromatic carbocycles. The maximum atomic E-state index is 13.6. The van der Waals surface area contributed by atoms with Crippen molar-refractivity contribution in [3.05, 3.63) is 30.0 Å². The number of hydrogen-bond acceptors (Lipinski definition) is 3. The molecule has 6 heteroatoms. The molecule has 0 fully saturated rings. The molecule has 0 saturated heterocycles. The van der Waals surface area contributed by atoms with Crippen LogP contribution in [-0.4, -0.2) is 20.0 Å². The summed E-state index contributed by atoms with van der Waals surface area (Å²) < 4.78 is 28.5. The molecule has 3 aromatic rings. The van der Waals surface area contributed by atoms with Crippen molar-refractivity contribution in [1.82, 2.24) is 20.0 Å². The molecule has 0 atom stereocenters. The molecule has 2 aromatic heterocycles. The fourth-order valence-corrected chi connectivity index (χ4v) is 1.80. The van der Waals surface area contributed by atoms with E-state index in [0.29, 0.717) is 10.9 Å². The highest BCUT2D eigenvalue weighted by Crippen LogP contribution is 2.25. The first-order valence-electron chi connectivity index (χ1n) is 4.61. The van der Waals surface area contributed by atoms with Gasteiger partial charge in [0.05, 0.1) is 5.39 Å². The summed E-state index contributed by atoms with van der Waals surface area (Å²) >= 11 is 0. The van der Waals surface area contributed by atoms with E-state index in [2.05, 4.69) is 15.3 Å².